The zero-order chi connectivity index (χ0) is 18.6. The molecule has 1 amide bonds. The van der Waals surface area contributed by atoms with Crippen LogP contribution in [0.25, 0.3) is 0 Å². The van der Waals surface area contributed by atoms with Crippen molar-refractivity contribution in [2.45, 2.75) is 44.8 Å². The predicted molar refractivity (Wildman–Crippen MR) is 97.4 cm³/mol. The highest BCUT2D eigenvalue weighted by Gasteiger charge is 2.40. The summed E-state index contributed by atoms with van der Waals surface area (Å²) in [4.78, 5) is 28.3. The van der Waals surface area contributed by atoms with Crippen molar-refractivity contribution in [2.75, 3.05) is 32.8 Å². The van der Waals surface area contributed by atoms with Gasteiger partial charge in [-0.05, 0) is 38.2 Å². The molecule has 0 atom stereocenters. The number of aryl methyl sites for hydroxylation is 1. The number of ether oxygens (including phenoxy) is 1. The van der Waals surface area contributed by atoms with Crippen LogP contribution in [0.3, 0.4) is 0 Å². The average molecular weight is 360 g/mol. The van der Waals surface area contributed by atoms with Crippen molar-refractivity contribution in [3.63, 3.8) is 0 Å². The molecule has 6 nitrogen and oxygen atoms in total. The maximum absolute atomic E-state index is 12.3. The molecule has 0 spiro atoms. The highest BCUT2D eigenvalue weighted by Crippen LogP contribution is 2.30. The van der Waals surface area contributed by atoms with Gasteiger partial charge in [0.2, 0.25) is 0 Å². The SMILES string of the molecule is Cc1cccc(CN2CCN(C(=O)COC(=O)C3(O)CCCC3)CC2)c1. The van der Waals surface area contributed by atoms with E-state index in [4.69, 9.17) is 4.74 Å². The Morgan fingerprint density at radius 2 is 1.85 bits per heavy atom. The molecule has 0 bridgehead atoms. The minimum atomic E-state index is -1.38. The topological polar surface area (TPSA) is 70.1 Å². The van der Waals surface area contributed by atoms with Gasteiger partial charge in [-0.3, -0.25) is 9.69 Å². The van der Waals surface area contributed by atoms with Gasteiger partial charge in [0.15, 0.2) is 12.2 Å². The van der Waals surface area contributed by atoms with E-state index in [0.29, 0.717) is 25.9 Å². The first-order valence-corrected chi connectivity index (χ1v) is 9.41. The second-order valence-corrected chi connectivity index (χ2v) is 7.46. The number of nitrogens with zero attached hydrogens (tertiary/aromatic N) is 2. The summed E-state index contributed by atoms with van der Waals surface area (Å²) in [7, 11) is 0. The van der Waals surface area contributed by atoms with Crippen molar-refractivity contribution in [1.82, 2.24) is 9.80 Å². The lowest BCUT2D eigenvalue weighted by molar-refractivity contribution is -0.169. The summed E-state index contributed by atoms with van der Waals surface area (Å²) in [6, 6.07) is 8.46. The molecule has 1 aliphatic heterocycles. The van der Waals surface area contributed by atoms with Crippen molar-refractivity contribution < 1.29 is 19.4 Å². The molecule has 1 aliphatic carbocycles. The van der Waals surface area contributed by atoms with Gasteiger partial charge in [0.25, 0.3) is 5.91 Å². The van der Waals surface area contributed by atoms with Crippen molar-refractivity contribution >= 4 is 11.9 Å². The third kappa shape index (κ3) is 4.62. The number of hydrogen-bond acceptors (Lipinski definition) is 5. The molecule has 2 aliphatic rings. The number of hydrogen-bond donors (Lipinski definition) is 1. The molecule has 1 heterocycles. The zero-order valence-electron chi connectivity index (χ0n) is 15.4. The lowest BCUT2D eigenvalue weighted by atomic mass is 10.0. The van der Waals surface area contributed by atoms with Crippen LogP contribution in [0.5, 0.6) is 0 Å². The lowest BCUT2D eigenvalue weighted by Gasteiger charge is -2.34. The molecule has 0 unspecified atom stereocenters. The van der Waals surface area contributed by atoms with Crippen LogP contribution in [0.4, 0.5) is 0 Å². The summed E-state index contributed by atoms with van der Waals surface area (Å²) >= 11 is 0. The monoisotopic (exact) mass is 360 g/mol. The number of piperazine rings is 1. The summed E-state index contributed by atoms with van der Waals surface area (Å²) in [5.74, 6) is -0.836. The van der Waals surface area contributed by atoms with Gasteiger partial charge >= 0.3 is 5.97 Å². The van der Waals surface area contributed by atoms with Crippen LogP contribution in [-0.4, -0.2) is 65.2 Å². The van der Waals surface area contributed by atoms with Crippen molar-refractivity contribution in [3.05, 3.63) is 35.4 Å². The first-order valence-electron chi connectivity index (χ1n) is 9.41. The summed E-state index contributed by atoms with van der Waals surface area (Å²) in [5, 5.41) is 10.2. The summed E-state index contributed by atoms with van der Waals surface area (Å²) in [5.41, 5.74) is 1.15. The number of amides is 1. The standard InChI is InChI=1S/C20H28N2O4/c1-16-5-4-6-17(13-16)14-21-9-11-22(12-10-21)18(23)15-26-19(24)20(25)7-2-3-8-20/h4-6,13,25H,2-3,7-12,14-15H2,1H3. The van der Waals surface area contributed by atoms with Gasteiger partial charge in [-0.2, -0.15) is 0 Å². The second-order valence-electron chi connectivity index (χ2n) is 7.46. The first kappa shape index (κ1) is 18.9. The number of esters is 1. The maximum atomic E-state index is 12.3. The third-order valence-corrected chi connectivity index (χ3v) is 5.35. The van der Waals surface area contributed by atoms with E-state index in [2.05, 4.69) is 36.1 Å². The Hall–Kier alpha value is -1.92. The average Bonchev–Trinajstić information content (AvgIpc) is 3.08. The molecule has 26 heavy (non-hydrogen) atoms. The molecular weight excluding hydrogens is 332 g/mol. The molecule has 1 saturated carbocycles. The van der Waals surface area contributed by atoms with E-state index >= 15 is 0 Å². The number of carbonyl (C=O) groups is 2. The van der Waals surface area contributed by atoms with Crippen molar-refractivity contribution in [1.29, 1.82) is 0 Å². The Balaban J connectivity index is 1.41. The highest BCUT2D eigenvalue weighted by atomic mass is 16.6. The molecule has 0 aromatic heterocycles. The van der Waals surface area contributed by atoms with Crippen LogP contribution >= 0.6 is 0 Å². The largest absolute Gasteiger partial charge is 0.453 e. The van der Waals surface area contributed by atoms with Crippen LogP contribution in [0.15, 0.2) is 24.3 Å². The van der Waals surface area contributed by atoms with Gasteiger partial charge < -0.3 is 14.7 Å². The van der Waals surface area contributed by atoms with Crippen LogP contribution in [-0.2, 0) is 20.9 Å². The van der Waals surface area contributed by atoms with Crippen LogP contribution in [0, 0.1) is 6.92 Å². The van der Waals surface area contributed by atoms with Gasteiger partial charge in [-0.1, -0.05) is 29.8 Å². The van der Waals surface area contributed by atoms with E-state index in [1.165, 1.54) is 11.1 Å². The second kappa shape index (κ2) is 8.18. The highest BCUT2D eigenvalue weighted by molar-refractivity contribution is 5.84. The number of benzene rings is 1. The van der Waals surface area contributed by atoms with Crippen LogP contribution < -0.4 is 0 Å². The predicted octanol–water partition coefficient (Wildman–Crippen LogP) is 1.49. The molecule has 1 N–H and O–H groups in total. The minimum absolute atomic E-state index is 0.185. The maximum Gasteiger partial charge on any atom is 0.338 e. The summed E-state index contributed by atoms with van der Waals surface area (Å²) in [6.07, 6.45) is 2.50. The van der Waals surface area contributed by atoms with Crippen LogP contribution in [0.2, 0.25) is 0 Å². The van der Waals surface area contributed by atoms with Gasteiger partial charge in [0.1, 0.15) is 0 Å². The van der Waals surface area contributed by atoms with E-state index < -0.39 is 11.6 Å². The molecule has 1 aromatic carbocycles. The quantitative estimate of drug-likeness (QED) is 0.806. The Bertz CT molecular complexity index is 647. The van der Waals surface area contributed by atoms with E-state index in [0.717, 1.165) is 32.5 Å². The molecule has 2 fully saturated rings. The van der Waals surface area contributed by atoms with E-state index in [-0.39, 0.29) is 12.5 Å². The van der Waals surface area contributed by atoms with E-state index in [9.17, 15) is 14.7 Å². The first-order chi connectivity index (χ1) is 12.5. The minimum Gasteiger partial charge on any atom is -0.453 e. The molecule has 142 valence electrons. The van der Waals surface area contributed by atoms with Gasteiger partial charge in [0.05, 0.1) is 0 Å². The summed E-state index contributed by atoms with van der Waals surface area (Å²) < 4.78 is 5.09. The molecule has 6 heteroatoms. The van der Waals surface area contributed by atoms with E-state index in [1.54, 1.807) is 4.90 Å². The fourth-order valence-electron chi connectivity index (χ4n) is 3.74. The third-order valence-electron chi connectivity index (χ3n) is 5.35. The Kier molecular flexibility index (Phi) is 5.94. The Morgan fingerprint density at radius 3 is 2.50 bits per heavy atom. The van der Waals surface area contributed by atoms with Crippen molar-refractivity contribution in [2.24, 2.45) is 0 Å². The molecule has 3 rings (SSSR count). The van der Waals surface area contributed by atoms with Gasteiger partial charge in [-0.25, -0.2) is 4.79 Å². The number of carbonyl (C=O) groups excluding carboxylic acids is 2. The molecule has 0 radical (unpaired) electrons. The number of rotatable bonds is 5. The van der Waals surface area contributed by atoms with Gasteiger partial charge in [-0.15, -0.1) is 0 Å². The van der Waals surface area contributed by atoms with E-state index in [1.807, 2.05) is 0 Å². The fourth-order valence-corrected chi connectivity index (χ4v) is 3.74. The lowest BCUT2D eigenvalue weighted by Crippen LogP contribution is -2.50. The Morgan fingerprint density at radius 1 is 1.15 bits per heavy atom. The van der Waals surface area contributed by atoms with Crippen LogP contribution in [0.1, 0.15) is 36.8 Å². The Labute approximate surface area is 154 Å². The number of aliphatic hydroxyl groups is 1. The molecule has 1 aromatic rings. The fraction of sp³-hybridized carbons (Fsp3) is 0.600. The smallest absolute Gasteiger partial charge is 0.338 e. The van der Waals surface area contributed by atoms with Crippen molar-refractivity contribution in [3.8, 4) is 0 Å². The molecular formula is C20H28N2O4. The molecule has 1 saturated heterocycles. The summed E-state index contributed by atoms with van der Waals surface area (Å²) in [6.45, 7) is 5.56. The van der Waals surface area contributed by atoms with Gasteiger partial charge in [0, 0.05) is 32.7 Å². The normalized spacial score (nSPS) is 20.2. The zero-order valence-corrected chi connectivity index (χ0v) is 15.4.